The first-order valence-electron chi connectivity index (χ1n) is 11.5. The lowest BCUT2D eigenvalue weighted by Gasteiger charge is -2.37. The van der Waals surface area contributed by atoms with Gasteiger partial charge in [-0.25, -0.2) is 0 Å². The smallest absolute Gasteiger partial charge is 0.253 e. The fourth-order valence-electron chi connectivity index (χ4n) is 5.83. The molecule has 0 aliphatic carbocycles. The van der Waals surface area contributed by atoms with E-state index in [4.69, 9.17) is 16.3 Å². The molecule has 0 aromatic heterocycles. The van der Waals surface area contributed by atoms with Gasteiger partial charge in [0, 0.05) is 31.5 Å². The van der Waals surface area contributed by atoms with Crippen LogP contribution in [0.5, 0.6) is 0 Å². The van der Waals surface area contributed by atoms with Crippen LogP contribution in [0.1, 0.15) is 6.42 Å². The molecule has 2 bridgehead atoms. The summed E-state index contributed by atoms with van der Waals surface area (Å²) in [4.78, 5) is 45.6. The van der Waals surface area contributed by atoms with Crippen molar-refractivity contribution in [3.63, 3.8) is 0 Å². The summed E-state index contributed by atoms with van der Waals surface area (Å²) in [6, 6.07) is 5.91. The fraction of sp³-hybridized carbons (Fsp3) is 0.480. The van der Waals surface area contributed by atoms with E-state index >= 15 is 0 Å². The molecular formula is C25H29BrClN3O5. The molecule has 188 valence electrons. The Bertz CT molecular complexity index is 1050. The van der Waals surface area contributed by atoms with Crippen molar-refractivity contribution in [3.05, 3.63) is 54.6 Å². The molecule has 1 aromatic rings. The number of β-amino-alcohol motifs (C(OH)–C–C–N with tert-alkyl or cyclic N) is 1. The summed E-state index contributed by atoms with van der Waals surface area (Å²) in [5.41, 5.74) is -0.727. The van der Waals surface area contributed by atoms with E-state index in [0.717, 1.165) is 0 Å². The Labute approximate surface area is 218 Å². The number of benzene rings is 1. The highest BCUT2D eigenvalue weighted by Gasteiger charge is 2.76. The SMILES string of the molecule is C=CCN(C)C(=O)[C@H]1[C@@H]2OC3(CC2Br)C(C(=O)N(CC=C)c2ccccc2Cl)N(CCO)C(=O)[C@H]13. The van der Waals surface area contributed by atoms with E-state index in [2.05, 4.69) is 29.1 Å². The van der Waals surface area contributed by atoms with E-state index in [-0.39, 0.29) is 36.3 Å². The Balaban J connectivity index is 1.80. The van der Waals surface area contributed by atoms with Gasteiger partial charge < -0.3 is 24.5 Å². The monoisotopic (exact) mass is 565 g/mol. The summed E-state index contributed by atoms with van der Waals surface area (Å²) < 4.78 is 6.46. The minimum atomic E-state index is -1.21. The van der Waals surface area contributed by atoms with Gasteiger partial charge in [0.15, 0.2) is 0 Å². The molecule has 3 unspecified atom stereocenters. The predicted octanol–water partition coefficient (Wildman–Crippen LogP) is 2.24. The number of hydrogen-bond donors (Lipinski definition) is 1. The molecule has 8 nitrogen and oxygen atoms in total. The van der Waals surface area contributed by atoms with Crippen molar-refractivity contribution in [2.75, 3.05) is 38.2 Å². The Hall–Kier alpha value is -2.20. The lowest BCUT2D eigenvalue weighted by Crippen LogP contribution is -2.57. The number of amides is 3. The number of anilines is 1. The van der Waals surface area contributed by atoms with Gasteiger partial charge in [-0.2, -0.15) is 0 Å². The summed E-state index contributed by atoms with van der Waals surface area (Å²) >= 11 is 10.1. The second kappa shape index (κ2) is 10.0. The van der Waals surface area contributed by atoms with Crippen molar-refractivity contribution in [1.29, 1.82) is 0 Å². The second-order valence-electron chi connectivity index (χ2n) is 9.12. The average molecular weight is 567 g/mol. The van der Waals surface area contributed by atoms with Crippen LogP contribution >= 0.6 is 27.5 Å². The first-order chi connectivity index (χ1) is 16.7. The largest absolute Gasteiger partial charge is 0.395 e. The molecule has 0 saturated carbocycles. The van der Waals surface area contributed by atoms with Crippen LogP contribution in [0.15, 0.2) is 49.6 Å². The molecule has 3 saturated heterocycles. The standard InChI is InChI=1S/C25H29BrClN3O5/c1-4-10-28(3)22(32)18-19-23(33)30(12-13-31)21(25(19)14-15(26)20(18)35-25)24(34)29(11-5-2)17-9-7-6-8-16(17)27/h4-9,15,18-21,31H,1-2,10-14H2,3H3/t15?,18-,19+,20-,21?,25?/m1/s1. The molecule has 0 radical (unpaired) electrons. The van der Waals surface area contributed by atoms with Crippen LogP contribution in [-0.2, 0) is 19.1 Å². The van der Waals surface area contributed by atoms with Crippen LogP contribution in [0.25, 0.3) is 0 Å². The number of ether oxygens (including phenoxy) is 1. The number of carbonyl (C=O) groups is 3. The van der Waals surface area contributed by atoms with Crippen molar-refractivity contribution in [2.45, 2.75) is 29.0 Å². The molecule has 3 heterocycles. The van der Waals surface area contributed by atoms with Crippen LogP contribution < -0.4 is 4.90 Å². The van der Waals surface area contributed by atoms with E-state index < -0.39 is 35.5 Å². The van der Waals surface area contributed by atoms with Crippen LogP contribution in [-0.4, -0.2) is 88.5 Å². The van der Waals surface area contributed by atoms with E-state index in [0.29, 0.717) is 23.7 Å². The fourth-order valence-corrected chi connectivity index (χ4v) is 7.01. The molecule has 35 heavy (non-hydrogen) atoms. The summed E-state index contributed by atoms with van der Waals surface area (Å²) in [5, 5.41) is 10.1. The van der Waals surface area contributed by atoms with Crippen LogP contribution in [0.3, 0.4) is 0 Å². The summed E-state index contributed by atoms with van der Waals surface area (Å²) in [5.74, 6) is -2.57. The zero-order valence-corrected chi connectivity index (χ0v) is 21.8. The number of likely N-dealkylation sites (tertiary alicyclic amines) is 1. The Morgan fingerprint density at radius 2 is 1.97 bits per heavy atom. The minimum absolute atomic E-state index is 0.0532. The number of likely N-dealkylation sites (N-methyl/N-ethyl adjacent to an activating group) is 1. The molecule has 3 amide bonds. The van der Waals surface area contributed by atoms with Crippen LogP contribution in [0.4, 0.5) is 5.69 Å². The third kappa shape index (κ3) is 4.02. The maximum Gasteiger partial charge on any atom is 0.253 e. The van der Waals surface area contributed by atoms with Gasteiger partial charge in [-0.05, 0) is 18.6 Å². The van der Waals surface area contributed by atoms with Gasteiger partial charge in [0.25, 0.3) is 5.91 Å². The summed E-state index contributed by atoms with van der Waals surface area (Å²) in [6.07, 6.45) is 3.03. The van der Waals surface area contributed by atoms with E-state index in [9.17, 15) is 19.5 Å². The number of alkyl halides is 1. The molecule has 3 aliphatic rings. The average Bonchev–Trinajstić information content (AvgIpc) is 3.41. The van der Waals surface area contributed by atoms with Gasteiger partial charge in [0.05, 0.1) is 35.3 Å². The number of aliphatic hydroxyl groups is 1. The van der Waals surface area contributed by atoms with Gasteiger partial charge in [0.1, 0.15) is 11.6 Å². The number of halogens is 2. The Kier molecular flexibility index (Phi) is 7.43. The maximum absolute atomic E-state index is 14.2. The Morgan fingerprint density at radius 3 is 2.60 bits per heavy atom. The van der Waals surface area contributed by atoms with E-state index in [1.54, 1.807) is 43.5 Å². The number of fused-ring (bicyclic) bond motifs is 1. The minimum Gasteiger partial charge on any atom is -0.395 e. The zero-order chi connectivity index (χ0) is 25.5. The van der Waals surface area contributed by atoms with Gasteiger partial charge in [-0.1, -0.05) is 51.8 Å². The normalized spacial score (nSPS) is 30.8. The number of hydrogen-bond acceptors (Lipinski definition) is 5. The number of para-hydroxylation sites is 1. The molecule has 1 N–H and O–H groups in total. The van der Waals surface area contributed by atoms with Crippen LogP contribution in [0.2, 0.25) is 5.02 Å². The van der Waals surface area contributed by atoms with Gasteiger partial charge in [0.2, 0.25) is 11.8 Å². The highest BCUT2D eigenvalue weighted by Crippen LogP contribution is 2.60. The van der Waals surface area contributed by atoms with Gasteiger partial charge in [-0.15, -0.1) is 13.2 Å². The van der Waals surface area contributed by atoms with Gasteiger partial charge >= 0.3 is 0 Å². The van der Waals surface area contributed by atoms with E-state index in [1.807, 2.05) is 0 Å². The second-order valence-corrected chi connectivity index (χ2v) is 10.7. The molecular weight excluding hydrogens is 538 g/mol. The van der Waals surface area contributed by atoms with Crippen molar-refractivity contribution in [2.24, 2.45) is 11.8 Å². The maximum atomic E-state index is 14.2. The highest BCUT2D eigenvalue weighted by atomic mass is 79.9. The zero-order valence-electron chi connectivity index (χ0n) is 19.5. The number of aliphatic hydroxyl groups excluding tert-OH is 1. The first kappa shape index (κ1) is 25.9. The predicted molar refractivity (Wildman–Crippen MR) is 136 cm³/mol. The molecule has 6 atom stereocenters. The van der Waals surface area contributed by atoms with Crippen molar-refractivity contribution in [1.82, 2.24) is 9.80 Å². The number of carbonyl (C=O) groups excluding carboxylic acids is 3. The molecule has 1 spiro atoms. The van der Waals surface area contributed by atoms with Crippen LogP contribution in [0, 0.1) is 11.8 Å². The third-order valence-electron chi connectivity index (χ3n) is 7.15. The number of nitrogens with zero attached hydrogens (tertiary/aromatic N) is 3. The quantitative estimate of drug-likeness (QED) is 0.366. The molecule has 3 fully saturated rings. The van der Waals surface area contributed by atoms with E-state index in [1.165, 1.54) is 14.7 Å². The Morgan fingerprint density at radius 1 is 1.29 bits per heavy atom. The van der Waals surface area contributed by atoms with Crippen molar-refractivity contribution >= 4 is 50.9 Å². The number of rotatable bonds is 9. The van der Waals surface area contributed by atoms with Crippen molar-refractivity contribution in [3.8, 4) is 0 Å². The molecule has 4 rings (SSSR count). The molecule has 1 aromatic carbocycles. The first-order valence-corrected chi connectivity index (χ1v) is 12.8. The third-order valence-corrected chi connectivity index (χ3v) is 8.31. The molecule has 3 aliphatic heterocycles. The van der Waals surface area contributed by atoms with Crippen molar-refractivity contribution < 1.29 is 24.2 Å². The van der Waals surface area contributed by atoms with Gasteiger partial charge in [-0.3, -0.25) is 14.4 Å². The lowest BCUT2D eigenvalue weighted by atomic mass is 9.70. The summed E-state index contributed by atoms with van der Waals surface area (Å²) in [7, 11) is 1.66. The lowest BCUT2D eigenvalue weighted by molar-refractivity contribution is -0.144. The summed E-state index contributed by atoms with van der Waals surface area (Å²) in [6.45, 7) is 7.57. The topological polar surface area (TPSA) is 90.4 Å². The highest BCUT2D eigenvalue weighted by molar-refractivity contribution is 9.09. The molecule has 10 heteroatoms.